The van der Waals surface area contributed by atoms with Crippen LogP contribution >= 0.6 is 0 Å². The molecule has 1 aromatic heterocycles. The number of likely N-dealkylation sites (tertiary alicyclic amines) is 1. The fraction of sp³-hybridized carbons (Fsp3) is 0.364. The van der Waals surface area contributed by atoms with E-state index in [1.807, 2.05) is 6.07 Å². The molecule has 0 radical (unpaired) electrons. The van der Waals surface area contributed by atoms with Crippen LogP contribution in [0.2, 0.25) is 0 Å². The third-order valence-electron chi connectivity index (χ3n) is 6.16. The summed E-state index contributed by atoms with van der Waals surface area (Å²) in [5, 5.41) is 10.1. The molecule has 0 spiro atoms. The lowest BCUT2D eigenvalue weighted by Crippen LogP contribution is -2.32. The molecule has 0 amide bonds. The molecule has 0 bridgehead atoms. The van der Waals surface area contributed by atoms with E-state index < -0.39 is 0 Å². The summed E-state index contributed by atoms with van der Waals surface area (Å²) in [6.07, 6.45) is 2.83. The summed E-state index contributed by atoms with van der Waals surface area (Å²) in [5.74, 6) is 1.45. The quantitative estimate of drug-likeness (QED) is 0.730. The van der Waals surface area contributed by atoms with Crippen LogP contribution in [0.4, 0.5) is 17.3 Å². The van der Waals surface area contributed by atoms with E-state index in [0.717, 1.165) is 24.7 Å². The minimum atomic E-state index is 0.649. The molecule has 0 saturated carbocycles. The van der Waals surface area contributed by atoms with Crippen molar-refractivity contribution >= 4 is 17.3 Å². The van der Waals surface area contributed by atoms with Crippen LogP contribution in [0, 0.1) is 12.8 Å². The van der Waals surface area contributed by atoms with Crippen molar-refractivity contribution in [2.75, 3.05) is 36.9 Å². The molecule has 2 aliphatic rings. The molecule has 2 aliphatic heterocycles. The number of nitrogens with zero attached hydrogens (tertiary/aromatic N) is 4. The number of likely N-dealkylation sites (N-methyl/N-ethyl adjacent to an activating group) is 1. The molecule has 2 atom stereocenters. The Bertz CT molecular complexity index is 967. The number of aromatic nitrogens is 3. The highest BCUT2D eigenvalue weighted by molar-refractivity contribution is 5.82. The second-order valence-electron chi connectivity index (χ2n) is 8.06. The Morgan fingerprint density at radius 2 is 2.04 bits per heavy atom. The highest BCUT2D eigenvalue weighted by Gasteiger charge is 2.39. The Balaban J connectivity index is 1.47. The van der Waals surface area contributed by atoms with Gasteiger partial charge < -0.3 is 15.1 Å². The van der Waals surface area contributed by atoms with Crippen LogP contribution in [-0.4, -0.2) is 52.8 Å². The standard InChI is InChI=1S/C22H26N6/c1-15-9-17(19-5-3-4-6-20(19)25-22-23-14-24-26-22)11-18(10-15)28-12-16-7-8-27(2)21(16)13-28/h3-6,9-11,14,16,21H,7-8,12-13H2,1-2H3,(H2,23,24,25,26)/t16-,21+/m1/s1. The summed E-state index contributed by atoms with van der Waals surface area (Å²) in [7, 11) is 2.27. The first-order chi connectivity index (χ1) is 13.7. The van der Waals surface area contributed by atoms with Crippen LogP contribution in [0.1, 0.15) is 12.0 Å². The van der Waals surface area contributed by atoms with Gasteiger partial charge in [-0.25, -0.2) is 5.10 Å². The van der Waals surface area contributed by atoms with E-state index in [4.69, 9.17) is 0 Å². The normalized spacial score (nSPS) is 21.9. The predicted octanol–water partition coefficient (Wildman–Crippen LogP) is 3.66. The first kappa shape index (κ1) is 17.3. The van der Waals surface area contributed by atoms with E-state index >= 15 is 0 Å². The van der Waals surface area contributed by atoms with Gasteiger partial charge in [0.1, 0.15) is 6.33 Å². The smallest absolute Gasteiger partial charge is 0.222 e. The Morgan fingerprint density at radius 1 is 1.14 bits per heavy atom. The number of fused-ring (bicyclic) bond motifs is 1. The number of aryl methyl sites for hydroxylation is 1. The van der Waals surface area contributed by atoms with E-state index in [1.165, 1.54) is 41.7 Å². The molecule has 6 nitrogen and oxygen atoms in total. The molecule has 3 aromatic rings. The number of hydrogen-bond donors (Lipinski definition) is 2. The van der Waals surface area contributed by atoms with Crippen LogP contribution in [0.25, 0.3) is 11.1 Å². The average molecular weight is 374 g/mol. The van der Waals surface area contributed by atoms with Gasteiger partial charge in [0.25, 0.3) is 0 Å². The Hall–Kier alpha value is -2.86. The van der Waals surface area contributed by atoms with Crippen molar-refractivity contribution in [2.24, 2.45) is 5.92 Å². The number of benzene rings is 2. The molecule has 0 unspecified atom stereocenters. The zero-order valence-electron chi connectivity index (χ0n) is 16.4. The summed E-state index contributed by atoms with van der Waals surface area (Å²) in [6.45, 7) is 5.71. The van der Waals surface area contributed by atoms with Gasteiger partial charge in [-0.1, -0.05) is 24.3 Å². The van der Waals surface area contributed by atoms with Gasteiger partial charge in [-0.15, -0.1) is 0 Å². The average Bonchev–Trinajstić information content (AvgIpc) is 3.41. The first-order valence-corrected chi connectivity index (χ1v) is 9.96. The summed E-state index contributed by atoms with van der Waals surface area (Å²) in [4.78, 5) is 9.28. The lowest BCUT2D eigenvalue weighted by Gasteiger charge is -2.23. The lowest BCUT2D eigenvalue weighted by atomic mass is 10.0. The molecular formula is C22H26N6. The minimum Gasteiger partial charge on any atom is -0.370 e. The van der Waals surface area contributed by atoms with Crippen molar-refractivity contribution in [1.82, 2.24) is 20.1 Å². The number of H-pyrrole nitrogens is 1. The molecule has 144 valence electrons. The maximum absolute atomic E-state index is 4.19. The second-order valence-corrected chi connectivity index (χ2v) is 8.06. The van der Waals surface area contributed by atoms with Gasteiger partial charge in [-0.3, -0.25) is 0 Å². The molecule has 2 saturated heterocycles. The molecular weight excluding hydrogens is 348 g/mol. The number of rotatable bonds is 4. The first-order valence-electron chi connectivity index (χ1n) is 9.96. The van der Waals surface area contributed by atoms with Gasteiger partial charge in [0.05, 0.1) is 0 Å². The zero-order valence-corrected chi connectivity index (χ0v) is 16.4. The van der Waals surface area contributed by atoms with E-state index in [9.17, 15) is 0 Å². The number of hydrogen-bond acceptors (Lipinski definition) is 5. The lowest BCUT2D eigenvalue weighted by molar-refractivity contribution is 0.310. The fourth-order valence-corrected chi connectivity index (χ4v) is 4.72. The molecule has 3 heterocycles. The number of para-hydroxylation sites is 1. The van der Waals surface area contributed by atoms with Crippen LogP contribution in [0.15, 0.2) is 48.8 Å². The summed E-state index contributed by atoms with van der Waals surface area (Å²) < 4.78 is 0. The Labute approximate surface area is 165 Å². The van der Waals surface area contributed by atoms with Crippen molar-refractivity contribution in [3.8, 4) is 11.1 Å². The molecule has 0 aliphatic carbocycles. The van der Waals surface area contributed by atoms with Crippen LogP contribution in [-0.2, 0) is 0 Å². The largest absolute Gasteiger partial charge is 0.370 e. The van der Waals surface area contributed by atoms with Crippen LogP contribution < -0.4 is 10.2 Å². The van der Waals surface area contributed by atoms with Gasteiger partial charge in [0.15, 0.2) is 0 Å². The monoisotopic (exact) mass is 374 g/mol. The van der Waals surface area contributed by atoms with Gasteiger partial charge in [-0.2, -0.15) is 10.1 Å². The Morgan fingerprint density at radius 3 is 2.86 bits per heavy atom. The van der Waals surface area contributed by atoms with Gasteiger partial charge in [0.2, 0.25) is 5.95 Å². The number of anilines is 3. The fourth-order valence-electron chi connectivity index (χ4n) is 4.72. The maximum atomic E-state index is 4.19. The summed E-state index contributed by atoms with van der Waals surface area (Å²) in [6, 6.07) is 16.0. The molecule has 6 heteroatoms. The van der Waals surface area contributed by atoms with Crippen molar-refractivity contribution in [1.29, 1.82) is 0 Å². The number of nitrogens with one attached hydrogen (secondary N) is 2. The molecule has 5 rings (SSSR count). The van der Waals surface area contributed by atoms with E-state index in [2.05, 4.69) is 80.7 Å². The van der Waals surface area contributed by atoms with Gasteiger partial charge in [-0.05, 0) is 62.2 Å². The van der Waals surface area contributed by atoms with Crippen molar-refractivity contribution in [2.45, 2.75) is 19.4 Å². The van der Waals surface area contributed by atoms with Gasteiger partial charge >= 0.3 is 0 Å². The van der Waals surface area contributed by atoms with Gasteiger partial charge in [0, 0.05) is 36.1 Å². The van der Waals surface area contributed by atoms with Crippen molar-refractivity contribution < 1.29 is 0 Å². The Kier molecular flexibility index (Phi) is 4.28. The predicted molar refractivity (Wildman–Crippen MR) is 113 cm³/mol. The third-order valence-corrected chi connectivity index (χ3v) is 6.16. The van der Waals surface area contributed by atoms with E-state index in [0.29, 0.717) is 12.0 Å². The minimum absolute atomic E-state index is 0.649. The highest BCUT2D eigenvalue weighted by atomic mass is 15.3. The molecule has 2 N–H and O–H groups in total. The highest BCUT2D eigenvalue weighted by Crippen LogP contribution is 2.37. The van der Waals surface area contributed by atoms with Crippen LogP contribution in [0.3, 0.4) is 0 Å². The third kappa shape index (κ3) is 3.14. The maximum Gasteiger partial charge on any atom is 0.222 e. The second kappa shape index (κ2) is 6.95. The molecule has 28 heavy (non-hydrogen) atoms. The summed E-state index contributed by atoms with van der Waals surface area (Å²) in [5.41, 5.74) is 6.02. The SMILES string of the molecule is Cc1cc(-c2ccccc2Nc2ncn[nH]2)cc(N2C[C@H]3CCN(C)[C@H]3C2)c1. The number of aromatic amines is 1. The van der Waals surface area contributed by atoms with Crippen molar-refractivity contribution in [3.63, 3.8) is 0 Å². The zero-order chi connectivity index (χ0) is 19.1. The topological polar surface area (TPSA) is 60.1 Å². The summed E-state index contributed by atoms with van der Waals surface area (Å²) >= 11 is 0. The molecule has 2 fully saturated rings. The molecule has 2 aromatic carbocycles. The van der Waals surface area contributed by atoms with Crippen molar-refractivity contribution in [3.05, 3.63) is 54.4 Å². The van der Waals surface area contributed by atoms with E-state index in [1.54, 1.807) is 0 Å². The van der Waals surface area contributed by atoms with E-state index in [-0.39, 0.29) is 0 Å². The van der Waals surface area contributed by atoms with Crippen LogP contribution in [0.5, 0.6) is 0 Å².